The van der Waals surface area contributed by atoms with Crippen LogP contribution in [0.2, 0.25) is 0 Å². The summed E-state index contributed by atoms with van der Waals surface area (Å²) in [5, 5.41) is 0. The Morgan fingerprint density at radius 3 is 2.60 bits per heavy atom. The van der Waals surface area contributed by atoms with Crippen LogP contribution >= 0.6 is 0 Å². The van der Waals surface area contributed by atoms with Gasteiger partial charge in [0.15, 0.2) is 0 Å². The Labute approximate surface area is 70.8 Å². The average molecular weight is 134 g/mol. The molecule has 0 aromatic heterocycles. The normalized spacial score (nSPS) is 19.8. The Balaban J connectivity index is 2.07. The summed E-state index contributed by atoms with van der Waals surface area (Å²) >= 11 is 2.02. The standard InChI is InChI=1S/C7H11O2.Li/c1-2-3-4-7-8-5-6-9-7;/h7H,1,3-6H2;. The fourth-order valence-corrected chi connectivity index (χ4v) is 0.938. The minimum absolute atomic E-state index is 0.0386. The van der Waals surface area contributed by atoms with Gasteiger partial charge in [-0.05, 0) is 0 Å². The van der Waals surface area contributed by atoms with E-state index in [2.05, 4.69) is 6.58 Å². The van der Waals surface area contributed by atoms with Gasteiger partial charge in [0.25, 0.3) is 0 Å². The molecular weight excluding hydrogens is 123 g/mol. The molecule has 0 aliphatic carbocycles. The molecule has 0 saturated carbocycles. The molecule has 0 spiro atoms. The molecule has 10 heavy (non-hydrogen) atoms. The molecule has 1 fully saturated rings. The maximum atomic E-state index is 5.24. The molecule has 0 aromatic rings. The van der Waals surface area contributed by atoms with Crippen molar-refractivity contribution in [2.24, 2.45) is 0 Å². The van der Waals surface area contributed by atoms with Gasteiger partial charge >= 0.3 is 70.4 Å². The summed E-state index contributed by atoms with van der Waals surface area (Å²) in [6.07, 6.45) is 2.00. The summed E-state index contributed by atoms with van der Waals surface area (Å²) in [6, 6.07) is 0. The van der Waals surface area contributed by atoms with Gasteiger partial charge in [-0.2, -0.15) is 0 Å². The van der Waals surface area contributed by atoms with Gasteiger partial charge in [-0.3, -0.25) is 0 Å². The number of hydrogen-bond acceptors (Lipinski definition) is 2. The van der Waals surface area contributed by atoms with Crippen LogP contribution < -0.4 is 0 Å². The molecule has 3 heteroatoms. The molecule has 0 atom stereocenters. The summed E-state index contributed by atoms with van der Waals surface area (Å²) in [6.45, 7) is 5.31. The molecule has 0 amide bonds. The zero-order valence-corrected chi connectivity index (χ0v) is 6.43. The van der Waals surface area contributed by atoms with Crippen LogP contribution in [-0.4, -0.2) is 37.2 Å². The van der Waals surface area contributed by atoms with Crippen molar-refractivity contribution in [2.45, 2.75) is 19.1 Å². The molecule has 1 heterocycles. The van der Waals surface area contributed by atoms with Gasteiger partial charge in [0.2, 0.25) is 0 Å². The van der Waals surface area contributed by atoms with Gasteiger partial charge < -0.3 is 0 Å². The predicted molar refractivity (Wildman–Crippen MR) is 39.8 cm³/mol. The Morgan fingerprint density at radius 1 is 1.50 bits per heavy atom. The Hall–Kier alpha value is 0.257. The molecule has 0 bridgehead atoms. The fraction of sp³-hybridized carbons (Fsp3) is 0.714. The third-order valence-electron chi connectivity index (χ3n) is 1.50. The molecule has 1 saturated heterocycles. The van der Waals surface area contributed by atoms with Gasteiger partial charge in [-0.15, -0.1) is 0 Å². The van der Waals surface area contributed by atoms with E-state index in [0.717, 1.165) is 26.1 Å². The summed E-state index contributed by atoms with van der Waals surface area (Å²) in [5.74, 6) is 0. The Morgan fingerprint density at radius 2 is 2.10 bits per heavy atom. The topological polar surface area (TPSA) is 18.5 Å². The molecule has 0 radical (unpaired) electrons. The van der Waals surface area contributed by atoms with E-state index < -0.39 is 0 Å². The first-order valence-electron chi connectivity index (χ1n) is 3.66. The van der Waals surface area contributed by atoms with E-state index in [4.69, 9.17) is 9.47 Å². The summed E-state index contributed by atoms with van der Waals surface area (Å²) in [7, 11) is 0. The molecule has 1 aliphatic heterocycles. The van der Waals surface area contributed by atoms with Crippen LogP contribution in [0.1, 0.15) is 12.8 Å². The van der Waals surface area contributed by atoms with Crippen LogP contribution in [-0.2, 0) is 9.47 Å². The second kappa shape index (κ2) is 4.20. The van der Waals surface area contributed by atoms with Crippen molar-refractivity contribution in [3.63, 3.8) is 0 Å². The van der Waals surface area contributed by atoms with Crippen molar-refractivity contribution in [3.8, 4) is 0 Å². The van der Waals surface area contributed by atoms with Crippen LogP contribution in [0.15, 0.2) is 10.8 Å². The third kappa shape index (κ3) is 2.89. The van der Waals surface area contributed by atoms with Gasteiger partial charge in [-0.1, -0.05) is 0 Å². The van der Waals surface area contributed by atoms with E-state index in [1.54, 1.807) is 0 Å². The summed E-state index contributed by atoms with van der Waals surface area (Å²) < 4.78 is 11.7. The Kier molecular flexibility index (Phi) is 3.51. The molecule has 1 aliphatic rings. The first kappa shape index (κ1) is 8.35. The van der Waals surface area contributed by atoms with E-state index in [1.807, 2.05) is 17.7 Å². The molecule has 0 aromatic carbocycles. The number of ether oxygens (including phenoxy) is 2. The van der Waals surface area contributed by atoms with Crippen LogP contribution in [0.4, 0.5) is 0 Å². The number of rotatable bonds is 3. The van der Waals surface area contributed by atoms with Crippen LogP contribution in [0, 0.1) is 0 Å². The number of allylic oxidation sites excluding steroid dienone is 1. The van der Waals surface area contributed by atoms with Gasteiger partial charge in [-0.25, -0.2) is 0 Å². The molecular formula is C7H11LiO2. The van der Waals surface area contributed by atoms with Gasteiger partial charge in [0.1, 0.15) is 0 Å². The SMILES string of the molecule is [Li][C](=C)CCC1OCCO1. The fourth-order valence-electron chi connectivity index (χ4n) is 0.938. The minimum atomic E-state index is 0.0386. The quantitative estimate of drug-likeness (QED) is 0.532. The number of hydrogen-bond donors (Lipinski definition) is 0. The van der Waals surface area contributed by atoms with Crippen molar-refractivity contribution in [1.29, 1.82) is 0 Å². The van der Waals surface area contributed by atoms with E-state index in [1.165, 1.54) is 4.25 Å². The summed E-state index contributed by atoms with van der Waals surface area (Å²) in [4.78, 5) is 0. The van der Waals surface area contributed by atoms with E-state index >= 15 is 0 Å². The van der Waals surface area contributed by atoms with Crippen molar-refractivity contribution >= 4 is 17.7 Å². The van der Waals surface area contributed by atoms with Gasteiger partial charge in [0, 0.05) is 0 Å². The molecule has 0 unspecified atom stereocenters. The van der Waals surface area contributed by atoms with Crippen molar-refractivity contribution < 1.29 is 9.47 Å². The second-order valence-corrected chi connectivity index (χ2v) is 2.67. The first-order valence-corrected chi connectivity index (χ1v) is 3.66. The monoisotopic (exact) mass is 134 g/mol. The molecule has 2 nitrogen and oxygen atoms in total. The zero-order chi connectivity index (χ0) is 7.40. The van der Waals surface area contributed by atoms with Crippen molar-refractivity contribution in [2.75, 3.05) is 13.2 Å². The van der Waals surface area contributed by atoms with E-state index in [9.17, 15) is 0 Å². The zero-order valence-electron chi connectivity index (χ0n) is 6.43. The maximum absolute atomic E-state index is 5.24. The third-order valence-corrected chi connectivity index (χ3v) is 1.50. The van der Waals surface area contributed by atoms with E-state index in [-0.39, 0.29) is 6.29 Å². The van der Waals surface area contributed by atoms with E-state index in [0.29, 0.717) is 0 Å². The second-order valence-electron chi connectivity index (χ2n) is 2.67. The van der Waals surface area contributed by atoms with Crippen LogP contribution in [0.5, 0.6) is 0 Å². The average Bonchev–Trinajstić information content (AvgIpc) is 2.34. The van der Waals surface area contributed by atoms with Crippen LogP contribution in [0.25, 0.3) is 0 Å². The Bertz CT molecular complexity index is 119. The van der Waals surface area contributed by atoms with Crippen molar-refractivity contribution in [3.05, 3.63) is 10.8 Å². The summed E-state index contributed by atoms with van der Waals surface area (Å²) in [5.41, 5.74) is 0. The molecule has 1 rings (SSSR count). The first-order chi connectivity index (χ1) is 4.79. The molecule has 52 valence electrons. The molecule has 0 N–H and O–H groups in total. The van der Waals surface area contributed by atoms with Gasteiger partial charge in [0.05, 0.1) is 0 Å². The van der Waals surface area contributed by atoms with Crippen molar-refractivity contribution in [1.82, 2.24) is 0 Å². The van der Waals surface area contributed by atoms with Crippen LogP contribution in [0.3, 0.4) is 0 Å². The predicted octanol–water partition coefficient (Wildman–Crippen LogP) is 0.822.